The lowest BCUT2D eigenvalue weighted by Crippen LogP contribution is -2.34. The number of amides is 1. The van der Waals surface area contributed by atoms with Crippen LogP contribution in [-0.4, -0.2) is 60.9 Å². The summed E-state index contributed by atoms with van der Waals surface area (Å²) < 4.78 is 38.3. The molecular formula is C36H40FN5O5. The van der Waals surface area contributed by atoms with Crippen molar-refractivity contribution in [1.29, 1.82) is 0 Å². The highest BCUT2D eigenvalue weighted by Gasteiger charge is 2.24. The van der Waals surface area contributed by atoms with Crippen LogP contribution in [0.25, 0.3) is 0 Å². The molecule has 3 heterocycles. The number of hydrogen-bond donors (Lipinski definition) is 1. The van der Waals surface area contributed by atoms with Gasteiger partial charge >= 0.3 is 6.09 Å². The van der Waals surface area contributed by atoms with Crippen molar-refractivity contribution < 1.29 is 28.1 Å². The molecule has 10 nitrogen and oxygen atoms in total. The molecule has 2 aliphatic rings. The summed E-state index contributed by atoms with van der Waals surface area (Å²) in [6.07, 6.45) is 3.11. The molecule has 4 aromatic rings. The standard InChI is InChI=1S/C36H40FN5O5/c1-23-16-24(2)34(25(3)17-23)47-36(43)42(21-26-7-9-31-32(18-26)45-15-14-44-31)33-11-12-38-35(40-33)39-28-8-10-30(29(37)19-28)46-22-27-6-5-13-41(4)20-27/h7-12,16-19,27H,5-6,13-15,20-22H2,1-4H3,(H,38,39,40). The number of aryl methyl sites for hydroxylation is 3. The Labute approximate surface area is 274 Å². The summed E-state index contributed by atoms with van der Waals surface area (Å²) in [5.74, 6) is 2.32. The van der Waals surface area contributed by atoms with Gasteiger partial charge in [-0.25, -0.2) is 14.2 Å². The number of piperidine rings is 1. The molecule has 3 aromatic carbocycles. The van der Waals surface area contributed by atoms with Gasteiger partial charge < -0.3 is 29.2 Å². The van der Waals surface area contributed by atoms with E-state index in [1.165, 1.54) is 17.2 Å². The normalized spacial score (nSPS) is 16.0. The van der Waals surface area contributed by atoms with Crippen molar-refractivity contribution >= 4 is 23.5 Å². The number of carbonyl (C=O) groups is 1. The topological polar surface area (TPSA) is 98.3 Å². The van der Waals surface area contributed by atoms with E-state index in [1.807, 2.05) is 51.1 Å². The molecule has 47 heavy (non-hydrogen) atoms. The second-order valence-corrected chi connectivity index (χ2v) is 12.3. The Morgan fingerprint density at radius 3 is 2.60 bits per heavy atom. The van der Waals surface area contributed by atoms with E-state index >= 15 is 4.39 Å². The van der Waals surface area contributed by atoms with Crippen LogP contribution in [0.15, 0.2) is 60.8 Å². The number of hydrogen-bond acceptors (Lipinski definition) is 9. The number of nitrogens with one attached hydrogen (secondary N) is 1. The van der Waals surface area contributed by atoms with E-state index in [-0.39, 0.29) is 18.2 Å². The fraction of sp³-hybridized carbons (Fsp3) is 0.361. The SMILES string of the molecule is Cc1cc(C)c(OC(=O)N(Cc2ccc3c(c2)OCCO3)c2ccnc(Nc3ccc(OCC4CCCN(C)C4)c(F)c3)n2)c(C)c1. The molecule has 1 amide bonds. The van der Waals surface area contributed by atoms with Crippen LogP contribution in [0.2, 0.25) is 0 Å². The Morgan fingerprint density at radius 1 is 1.04 bits per heavy atom. The highest BCUT2D eigenvalue weighted by atomic mass is 19.1. The maximum absolute atomic E-state index is 15.1. The van der Waals surface area contributed by atoms with Gasteiger partial charge in [-0.15, -0.1) is 0 Å². The zero-order chi connectivity index (χ0) is 32.9. The van der Waals surface area contributed by atoms with Crippen LogP contribution in [0.4, 0.5) is 26.6 Å². The van der Waals surface area contributed by atoms with E-state index in [9.17, 15) is 4.79 Å². The van der Waals surface area contributed by atoms with Gasteiger partial charge in [-0.3, -0.25) is 4.90 Å². The van der Waals surface area contributed by atoms with Crippen molar-refractivity contribution in [3.8, 4) is 23.0 Å². The summed E-state index contributed by atoms with van der Waals surface area (Å²) >= 11 is 0. The first kappa shape index (κ1) is 32.1. The molecule has 6 rings (SSSR count). The van der Waals surface area contributed by atoms with Gasteiger partial charge in [0.25, 0.3) is 0 Å². The first-order valence-electron chi connectivity index (χ1n) is 15.9. The molecule has 1 atom stereocenters. The van der Waals surface area contributed by atoms with E-state index in [1.54, 1.807) is 18.2 Å². The van der Waals surface area contributed by atoms with E-state index in [2.05, 4.69) is 27.2 Å². The van der Waals surface area contributed by atoms with Crippen LogP contribution in [-0.2, 0) is 6.54 Å². The molecule has 0 aliphatic carbocycles. The minimum atomic E-state index is -0.615. The molecular weight excluding hydrogens is 601 g/mol. The van der Waals surface area contributed by atoms with Gasteiger partial charge in [-0.2, -0.15) is 4.98 Å². The van der Waals surface area contributed by atoms with E-state index in [4.69, 9.17) is 18.9 Å². The number of aromatic nitrogens is 2. The maximum Gasteiger partial charge on any atom is 0.421 e. The number of fused-ring (bicyclic) bond motifs is 1. The minimum Gasteiger partial charge on any atom is -0.490 e. The summed E-state index contributed by atoms with van der Waals surface area (Å²) in [7, 11) is 2.09. The van der Waals surface area contributed by atoms with Crippen molar-refractivity contribution in [1.82, 2.24) is 14.9 Å². The lowest BCUT2D eigenvalue weighted by molar-refractivity contribution is 0.147. The molecule has 1 unspecified atom stereocenters. The Balaban J connectivity index is 1.22. The molecule has 1 saturated heterocycles. The zero-order valence-corrected chi connectivity index (χ0v) is 27.2. The highest BCUT2D eigenvalue weighted by Crippen LogP contribution is 2.33. The molecule has 11 heteroatoms. The Morgan fingerprint density at radius 2 is 1.83 bits per heavy atom. The second kappa shape index (κ2) is 14.3. The van der Waals surface area contributed by atoms with Crippen LogP contribution in [0, 0.1) is 32.5 Å². The molecule has 246 valence electrons. The Kier molecular flexibility index (Phi) is 9.72. The van der Waals surface area contributed by atoms with Gasteiger partial charge in [0.15, 0.2) is 23.1 Å². The number of rotatable bonds is 9. The lowest BCUT2D eigenvalue weighted by atomic mass is 10.00. The van der Waals surface area contributed by atoms with Gasteiger partial charge in [-0.05, 0) is 94.2 Å². The molecule has 0 bridgehead atoms. The minimum absolute atomic E-state index is 0.132. The van der Waals surface area contributed by atoms with Crippen LogP contribution < -0.4 is 29.2 Å². The van der Waals surface area contributed by atoms with Crippen molar-refractivity contribution in [2.75, 3.05) is 50.2 Å². The molecule has 0 saturated carbocycles. The third-order valence-corrected chi connectivity index (χ3v) is 8.26. The van der Waals surface area contributed by atoms with Gasteiger partial charge in [-0.1, -0.05) is 23.8 Å². The van der Waals surface area contributed by atoms with Gasteiger partial charge in [0.1, 0.15) is 24.8 Å². The Hall–Kier alpha value is -4.90. The molecule has 2 aliphatic heterocycles. The van der Waals surface area contributed by atoms with Gasteiger partial charge in [0, 0.05) is 30.4 Å². The number of benzene rings is 3. The number of ether oxygens (including phenoxy) is 4. The van der Waals surface area contributed by atoms with E-state index in [0.717, 1.165) is 48.2 Å². The molecule has 1 fully saturated rings. The highest BCUT2D eigenvalue weighted by molar-refractivity contribution is 5.88. The van der Waals surface area contributed by atoms with Crippen LogP contribution >= 0.6 is 0 Å². The molecule has 0 radical (unpaired) electrons. The monoisotopic (exact) mass is 641 g/mol. The Bertz CT molecular complexity index is 1730. The average Bonchev–Trinajstić information content (AvgIpc) is 3.05. The fourth-order valence-corrected chi connectivity index (χ4v) is 6.08. The van der Waals surface area contributed by atoms with E-state index in [0.29, 0.717) is 54.5 Å². The quantitative estimate of drug-likeness (QED) is 0.208. The van der Waals surface area contributed by atoms with Crippen LogP contribution in [0.3, 0.4) is 0 Å². The summed E-state index contributed by atoms with van der Waals surface area (Å²) in [5, 5.41) is 3.06. The van der Waals surface area contributed by atoms with Crippen LogP contribution in [0.5, 0.6) is 23.0 Å². The third kappa shape index (κ3) is 7.91. The smallest absolute Gasteiger partial charge is 0.421 e. The summed E-state index contributed by atoms with van der Waals surface area (Å²) in [6, 6.07) is 15.8. The van der Waals surface area contributed by atoms with Crippen molar-refractivity contribution in [2.24, 2.45) is 5.92 Å². The summed E-state index contributed by atoms with van der Waals surface area (Å²) in [5.41, 5.74) is 4.00. The number of carbonyl (C=O) groups excluding carboxylic acids is 1. The molecule has 0 spiro atoms. The molecule has 1 N–H and O–H groups in total. The predicted octanol–water partition coefficient (Wildman–Crippen LogP) is 6.98. The number of likely N-dealkylation sites (tertiary alicyclic amines) is 1. The summed E-state index contributed by atoms with van der Waals surface area (Å²) in [6.45, 7) is 9.36. The van der Waals surface area contributed by atoms with Gasteiger partial charge in [0.2, 0.25) is 5.95 Å². The zero-order valence-electron chi connectivity index (χ0n) is 27.2. The van der Waals surface area contributed by atoms with E-state index < -0.39 is 11.9 Å². The molecule has 1 aromatic heterocycles. The number of nitrogens with zero attached hydrogens (tertiary/aromatic N) is 4. The predicted molar refractivity (Wildman–Crippen MR) is 178 cm³/mol. The second-order valence-electron chi connectivity index (χ2n) is 12.3. The summed E-state index contributed by atoms with van der Waals surface area (Å²) in [4.78, 5) is 26.5. The average molecular weight is 642 g/mol. The number of halogens is 1. The fourth-order valence-electron chi connectivity index (χ4n) is 6.08. The first-order valence-corrected chi connectivity index (χ1v) is 15.9. The lowest BCUT2D eigenvalue weighted by Gasteiger charge is -2.29. The first-order chi connectivity index (χ1) is 22.7. The maximum atomic E-state index is 15.1. The van der Waals surface area contributed by atoms with Gasteiger partial charge in [0.05, 0.1) is 13.2 Å². The van der Waals surface area contributed by atoms with Crippen molar-refractivity contribution in [3.05, 3.63) is 88.9 Å². The number of anilines is 3. The third-order valence-electron chi connectivity index (χ3n) is 8.26. The van der Waals surface area contributed by atoms with Crippen molar-refractivity contribution in [3.63, 3.8) is 0 Å². The van der Waals surface area contributed by atoms with Crippen molar-refractivity contribution in [2.45, 2.75) is 40.2 Å². The van der Waals surface area contributed by atoms with Crippen LogP contribution in [0.1, 0.15) is 35.1 Å². The largest absolute Gasteiger partial charge is 0.490 e.